The second kappa shape index (κ2) is 9.60. The topological polar surface area (TPSA) is 107 Å². The summed E-state index contributed by atoms with van der Waals surface area (Å²) in [5, 5.41) is 3.32. The minimum Gasteiger partial charge on any atom is -0.397 e. The summed E-state index contributed by atoms with van der Waals surface area (Å²) in [7, 11) is 2.05. The molecular formula is C25H34N8O2. The van der Waals surface area contributed by atoms with Gasteiger partial charge in [0.05, 0.1) is 31.1 Å². The van der Waals surface area contributed by atoms with E-state index >= 15 is 0 Å². The van der Waals surface area contributed by atoms with Crippen LogP contribution in [-0.4, -0.2) is 77.0 Å². The third-order valence-corrected chi connectivity index (χ3v) is 7.59. The first-order chi connectivity index (χ1) is 17.2. The number of nitrogens with zero attached hydrogens (tertiary/aromatic N) is 6. The Morgan fingerprint density at radius 1 is 0.971 bits per heavy atom. The molecule has 0 amide bonds. The van der Waals surface area contributed by atoms with Crippen LogP contribution in [0, 0.1) is 11.8 Å². The number of nitrogen functional groups attached to an aromatic ring is 1. The van der Waals surface area contributed by atoms with E-state index in [0.29, 0.717) is 24.8 Å². The molecule has 3 fully saturated rings. The Bertz CT molecular complexity index is 1180. The zero-order valence-electron chi connectivity index (χ0n) is 20.3. The maximum Gasteiger partial charge on any atom is 0.231 e. The van der Waals surface area contributed by atoms with Gasteiger partial charge in [-0.25, -0.2) is 4.98 Å². The number of likely N-dealkylation sites (tertiary alicyclic amines) is 1. The number of benzene rings is 1. The van der Waals surface area contributed by atoms with Gasteiger partial charge in [0.1, 0.15) is 5.82 Å². The number of para-hydroxylation sites is 2. The van der Waals surface area contributed by atoms with Gasteiger partial charge in [0.15, 0.2) is 17.0 Å². The molecule has 0 aliphatic carbocycles. The molecule has 3 aliphatic rings. The largest absolute Gasteiger partial charge is 0.397 e. The number of rotatable bonds is 6. The lowest BCUT2D eigenvalue weighted by Crippen LogP contribution is -2.50. The summed E-state index contributed by atoms with van der Waals surface area (Å²) in [4.78, 5) is 19.5. The van der Waals surface area contributed by atoms with Gasteiger partial charge in [0.2, 0.25) is 5.95 Å². The minimum atomic E-state index is 0.523. The van der Waals surface area contributed by atoms with Crippen molar-refractivity contribution < 1.29 is 9.47 Å². The lowest BCUT2D eigenvalue weighted by Gasteiger charge is -2.44. The van der Waals surface area contributed by atoms with Crippen molar-refractivity contribution in [1.82, 2.24) is 24.4 Å². The first-order valence-corrected chi connectivity index (χ1v) is 12.6. The third-order valence-electron chi connectivity index (χ3n) is 7.59. The predicted molar refractivity (Wildman–Crippen MR) is 136 cm³/mol. The number of imidazole rings is 1. The molecule has 0 radical (unpaired) electrons. The molecule has 5 heterocycles. The predicted octanol–water partition coefficient (Wildman–Crippen LogP) is 2.38. The molecule has 3 saturated heterocycles. The zero-order valence-corrected chi connectivity index (χ0v) is 20.3. The Hall–Kier alpha value is -2.95. The lowest BCUT2D eigenvalue weighted by atomic mass is 9.81. The van der Waals surface area contributed by atoms with Crippen molar-refractivity contribution in [3.05, 3.63) is 30.1 Å². The highest BCUT2D eigenvalue weighted by molar-refractivity contribution is 5.86. The molecule has 3 aliphatic heterocycles. The second-order valence-corrected chi connectivity index (χ2v) is 9.85. The van der Waals surface area contributed by atoms with Gasteiger partial charge in [-0.05, 0) is 36.8 Å². The normalized spacial score (nSPS) is 20.3. The fourth-order valence-corrected chi connectivity index (χ4v) is 5.44. The standard InChI is InChI=1S/C25H34N8O2/c1-31-21(16-32-14-18(15-32)17-6-10-34-11-7-17)28-22-23(31)29-25(27-20-5-3-2-4-19(20)26)30-24(22)33-8-12-35-13-9-33/h2-5,17-18H,6-16,26H2,1H3,(H,27,29,30). The average molecular weight is 479 g/mol. The molecule has 0 spiro atoms. The quantitative estimate of drug-likeness (QED) is 0.517. The van der Waals surface area contributed by atoms with Crippen molar-refractivity contribution in [1.29, 1.82) is 0 Å². The highest BCUT2D eigenvalue weighted by Gasteiger charge is 2.35. The number of aryl methyl sites for hydroxylation is 1. The molecule has 0 bridgehead atoms. The van der Waals surface area contributed by atoms with E-state index in [2.05, 4.69) is 26.7 Å². The smallest absolute Gasteiger partial charge is 0.231 e. The molecular weight excluding hydrogens is 444 g/mol. The molecule has 35 heavy (non-hydrogen) atoms. The van der Waals surface area contributed by atoms with Crippen LogP contribution in [0.4, 0.5) is 23.1 Å². The van der Waals surface area contributed by atoms with Crippen molar-refractivity contribution in [3.63, 3.8) is 0 Å². The van der Waals surface area contributed by atoms with Crippen molar-refractivity contribution in [2.24, 2.45) is 18.9 Å². The van der Waals surface area contributed by atoms with E-state index in [1.165, 1.54) is 12.8 Å². The Labute approximate surface area is 205 Å². The first-order valence-electron chi connectivity index (χ1n) is 12.6. The number of aromatic nitrogens is 4. The van der Waals surface area contributed by atoms with Gasteiger partial charge in [0.25, 0.3) is 0 Å². The van der Waals surface area contributed by atoms with E-state index in [4.69, 9.17) is 30.2 Å². The lowest BCUT2D eigenvalue weighted by molar-refractivity contribution is -0.0115. The summed E-state index contributed by atoms with van der Waals surface area (Å²) < 4.78 is 13.2. The minimum absolute atomic E-state index is 0.523. The molecule has 3 N–H and O–H groups in total. The molecule has 1 aromatic carbocycles. The maximum absolute atomic E-state index is 6.16. The maximum atomic E-state index is 6.16. The zero-order chi connectivity index (χ0) is 23.8. The number of anilines is 4. The van der Waals surface area contributed by atoms with Crippen LogP contribution in [-0.2, 0) is 23.1 Å². The van der Waals surface area contributed by atoms with Crippen LogP contribution in [0.1, 0.15) is 18.7 Å². The van der Waals surface area contributed by atoms with Crippen molar-refractivity contribution in [3.8, 4) is 0 Å². The van der Waals surface area contributed by atoms with Gasteiger partial charge in [-0.2, -0.15) is 9.97 Å². The van der Waals surface area contributed by atoms with Gasteiger partial charge >= 0.3 is 0 Å². The molecule has 0 atom stereocenters. The van der Waals surface area contributed by atoms with E-state index in [-0.39, 0.29) is 0 Å². The van der Waals surface area contributed by atoms with Crippen LogP contribution in [0.25, 0.3) is 11.2 Å². The Morgan fingerprint density at radius 3 is 2.49 bits per heavy atom. The molecule has 186 valence electrons. The summed E-state index contributed by atoms with van der Waals surface area (Å²) in [5.41, 5.74) is 9.29. The summed E-state index contributed by atoms with van der Waals surface area (Å²) in [6, 6.07) is 7.67. The SMILES string of the molecule is Cn1c(CN2CC(C3CCOCC3)C2)nc2c(N3CCOCC3)nc(Nc3ccccc3N)nc21. The first kappa shape index (κ1) is 22.5. The summed E-state index contributed by atoms with van der Waals surface area (Å²) in [6.45, 7) is 7.85. The fraction of sp³-hybridized carbons (Fsp3) is 0.560. The number of hydrogen-bond acceptors (Lipinski definition) is 9. The number of nitrogens with one attached hydrogen (secondary N) is 1. The van der Waals surface area contributed by atoms with E-state index < -0.39 is 0 Å². The highest BCUT2D eigenvalue weighted by Crippen LogP contribution is 2.33. The van der Waals surface area contributed by atoms with Crippen LogP contribution < -0.4 is 16.0 Å². The van der Waals surface area contributed by atoms with Crippen LogP contribution in [0.15, 0.2) is 24.3 Å². The van der Waals surface area contributed by atoms with Crippen LogP contribution in [0.2, 0.25) is 0 Å². The summed E-state index contributed by atoms with van der Waals surface area (Å²) in [6.07, 6.45) is 2.40. The van der Waals surface area contributed by atoms with E-state index in [9.17, 15) is 0 Å². The number of fused-ring (bicyclic) bond motifs is 1. The molecule has 2 aromatic heterocycles. The van der Waals surface area contributed by atoms with Crippen LogP contribution in [0.3, 0.4) is 0 Å². The Morgan fingerprint density at radius 2 is 1.71 bits per heavy atom. The van der Waals surface area contributed by atoms with E-state index in [1.54, 1.807) is 0 Å². The van der Waals surface area contributed by atoms with E-state index in [0.717, 1.165) is 86.3 Å². The number of hydrogen-bond donors (Lipinski definition) is 2. The monoisotopic (exact) mass is 478 g/mol. The van der Waals surface area contributed by atoms with Gasteiger partial charge in [-0.3, -0.25) is 4.90 Å². The molecule has 10 heteroatoms. The number of ether oxygens (including phenoxy) is 2. The van der Waals surface area contributed by atoms with Gasteiger partial charge in [-0.1, -0.05) is 12.1 Å². The number of morpholine rings is 1. The average Bonchev–Trinajstić information content (AvgIpc) is 3.18. The molecule has 6 rings (SSSR count). The third kappa shape index (κ3) is 4.53. The Balaban J connectivity index is 1.27. The van der Waals surface area contributed by atoms with Crippen molar-refractivity contribution in [2.75, 3.05) is 68.6 Å². The fourth-order valence-electron chi connectivity index (χ4n) is 5.44. The number of nitrogens with two attached hydrogens (primary N) is 1. The summed E-state index contributed by atoms with van der Waals surface area (Å²) in [5.74, 6) is 3.98. The highest BCUT2D eigenvalue weighted by atomic mass is 16.5. The van der Waals surface area contributed by atoms with Crippen molar-refractivity contribution >= 4 is 34.3 Å². The van der Waals surface area contributed by atoms with Crippen molar-refractivity contribution in [2.45, 2.75) is 19.4 Å². The van der Waals surface area contributed by atoms with Gasteiger partial charge < -0.3 is 30.0 Å². The van der Waals surface area contributed by atoms with Crippen LogP contribution in [0.5, 0.6) is 0 Å². The molecule has 3 aromatic rings. The molecule has 0 unspecified atom stereocenters. The molecule has 0 saturated carbocycles. The van der Waals surface area contributed by atoms with Gasteiger partial charge in [-0.15, -0.1) is 0 Å². The molecule has 10 nitrogen and oxygen atoms in total. The Kier molecular flexibility index (Phi) is 6.17. The summed E-state index contributed by atoms with van der Waals surface area (Å²) >= 11 is 0. The van der Waals surface area contributed by atoms with Crippen LogP contribution >= 0.6 is 0 Å². The van der Waals surface area contributed by atoms with E-state index in [1.807, 2.05) is 24.3 Å². The second-order valence-electron chi connectivity index (χ2n) is 9.85. The van der Waals surface area contributed by atoms with Gasteiger partial charge in [0, 0.05) is 46.4 Å².